The van der Waals surface area contributed by atoms with Gasteiger partial charge in [0.1, 0.15) is 0 Å². The van der Waals surface area contributed by atoms with Gasteiger partial charge in [-0.1, -0.05) is 12.1 Å². The van der Waals surface area contributed by atoms with Gasteiger partial charge in [0, 0.05) is 30.5 Å². The third-order valence-corrected chi connectivity index (χ3v) is 4.71. The predicted octanol–water partition coefficient (Wildman–Crippen LogP) is 2.75. The maximum Gasteiger partial charge on any atom is 0.326 e. The molecule has 1 saturated heterocycles. The second kappa shape index (κ2) is 5.50. The molecule has 1 aromatic heterocycles. The van der Waals surface area contributed by atoms with Crippen molar-refractivity contribution in [2.45, 2.75) is 18.9 Å². The van der Waals surface area contributed by atoms with Crippen molar-refractivity contribution in [3.63, 3.8) is 0 Å². The molecule has 1 aliphatic rings. The van der Waals surface area contributed by atoms with Gasteiger partial charge in [0.25, 0.3) is 0 Å². The number of para-hydroxylation sites is 2. The monoisotopic (exact) mass is 308 g/mol. The van der Waals surface area contributed by atoms with E-state index in [0.717, 1.165) is 42.7 Å². The van der Waals surface area contributed by atoms with Crippen LogP contribution in [0.15, 0.2) is 53.3 Å². The summed E-state index contributed by atoms with van der Waals surface area (Å²) >= 11 is 0. The fraction of sp³-hybridized carbons (Fsp3) is 0.278. The second-order valence-electron chi connectivity index (χ2n) is 6.13. The van der Waals surface area contributed by atoms with Gasteiger partial charge in [-0.15, -0.1) is 0 Å². The van der Waals surface area contributed by atoms with Crippen molar-refractivity contribution in [1.29, 1.82) is 0 Å². The van der Waals surface area contributed by atoms with Crippen molar-refractivity contribution in [2.24, 2.45) is 0 Å². The summed E-state index contributed by atoms with van der Waals surface area (Å²) < 4.78 is 1.93. The molecule has 3 aromatic rings. The van der Waals surface area contributed by atoms with Crippen molar-refractivity contribution < 1.29 is 0 Å². The lowest BCUT2D eigenvalue weighted by Gasteiger charge is -2.34. The highest BCUT2D eigenvalue weighted by Crippen LogP contribution is 2.28. The Labute approximate surface area is 134 Å². The lowest BCUT2D eigenvalue weighted by atomic mass is 10.0. The van der Waals surface area contributed by atoms with Crippen LogP contribution in [0.25, 0.3) is 11.0 Å². The first-order valence-corrected chi connectivity index (χ1v) is 8.02. The van der Waals surface area contributed by atoms with Crippen LogP contribution in [0.1, 0.15) is 18.9 Å². The zero-order chi connectivity index (χ0) is 15.8. The number of anilines is 2. The predicted molar refractivity (Wildman–Crippen MR) is 93.9 cm³/mol. The topological polar surface area (TPSA) is 67.0 Å². The van der Waals surface area contributed by atoms with Crippen LogP contribution in [0.3, 0.4) is 0 Å². The Morgan fingerprint density at radius 2 is 1.70 bits per heavy atom. The average Bonchev–Trinajstić information content (AvgIpc) is 2.91. The number of hydrogen-bond acceptors (Lipinski definition) is 3. The van der Waals surface area contributed by atoms with Crippen LogP contribution in [0, 0.1) is 0 Å². The molecular weight excluding hydrogens is 288 g/mol. The Balaban J connectivity index is 1.56. The number of benzene rings is 2. The summed E-state index contributed by atoms with van der Waals surface area (Å²) in [5, 5.41) is 0. The molecule has 1 aliphatic heterocycles. The zero-order valence-electron chi connectivity index (χ0n) is 12.9. The molecule has 23 heavy (non-hydrogen) atoms. The number of hydrogen-bond donors (Lipinski definition) is 2. The standard InChI is InChI=1S/C18H20N4O/c19-13-5-7-14(8-6-13)21-11-9-15(10-12-21)22-17-4-2-1-3-16(17)20-18(22)23/h1-8,15H,9-12,19H2,(H,20,23). The lowest BCUT2D eigenvalue weighted by Crippen LogP contribution is -2.37. The average molecular weight is 308 g/mol. The summed E-state index contributed by atoms with van der Waals surface area (Å²) in [5.74, 6) is 0. The van der Waals surface area contributed by atoms with Gasteiger partial charge in [-0.2, -0.15) is 0 Å². The smallest absolute Gasteiger partial charge is 0.326 e. The molecule has 4 rings (SSSR count). The molecule has 0 bridgehead atoms. The Morgan fingerprint density at radius 1 is 1.00 bits per heavy atom. The van der Waals surface area contributed by atoms with E-state index in [9.17, 15) is 4.79 Å². The minimum Gasteiger partial charge on any atom is -0.399 e. The summed E-state index contributed by atoms with van der Waals surface area (Å²) in [5.41, 5.74) is 9.65. The molecule has 0 saturated carbocycles. The van der Waals surface area contributed by atoms with Crippen molar-refractivity contribution in [1.82, 2.24) is 9.55 Å². The molecule has 0 unspecified atom stereocenters. The Kier molecular flexibility index (Phi) is 3.33. The molecule has 0 radical (unpaired) electrons. The fourth-order valence-electron chi connectivity index (χ4n) is 3.50. The molecule has 1 fully saturated rings. The minimum atomic E-state index is -0.00265. The normalized spacial score (nSPS) is 16.1. The Morgan fingerprint density at radius 3 is 2.43 bits per heavy atom. The third kappa shape index (κ3) is 2.48. The van der Waals surface area contributed by atoms with Gasteiger partial charge in [-0.3, -0.25) is 4.57 Å². The van der Waals surface area contributed by atoms with Crippen LogP contribution in [0.4, 0.5) is 11.4 Å². The van der Waals surface area contributed by atoms with E-state index in [1.165, 1.54) is 5.69 Å². The van der Waals surface area contributed by atoms with Crippen molar-refractivity contribution in [2.75, 3.05) is 23.7 Å². The van der Waals surface area contributed by atoms with Gasteiger partial charge in [0.2, 0.25) is 0 Å². The number of nitrogens with zero attached hydrogens (tertiary/aromatic N) is 2. The first-order chi connectivity index (χ1) is 11.2. The van der Waals surface area contributed by atoms with Crippen LogP contribution in [0.5, 0.6) is 0 Å². The van der Waals surface area contributed by atoms with Gasteiger partial charge in [0.05, 0.1) is 11.0 Å². The van der Waals surface area contributed by atoms with Gasteiger partial charge >= 0.3 is 5.69 Å². The number of aromatic nitrogens is 2. The van der Waals surface area contributed by atoms with Crippen LogP contribution in [-0.2, 0) is 0 Å². The number of nitrogen functional groups attached to an aromatic ring is 1. The molecule has 0 spiro atoms. The van der Waals surface area contributed by atoms with Gasteiger partial charge < -0.3 is 15.6 Å². The van der Waals surface area contributed by atoms with Gasteiger partial charge in [-0.05, 0) is 49.2 Å². The fourth-order valence-corrected chi connectivity index (χ4v) is 3.50. The summed E-state index contributed by atoms with van der Waals surface area (Å²) in [6.07, 6.45) is 1.93. The molecular formula is C18H20N4O. The van der Waals surface area contributed by atoms with E-state index < -0.39 is 0 Å². The molecule has 2 heterocycles. The Hall–Kier alpha value is -2.69. The SMILES string of the molecule is Nc1ccc(N2CCC(n3c(=O)[nH]c4ccccc43)CC2)cc1. The minimum absolute atomic E-state index is 0.00265. The van der Waals surface area contributed by atoms with Crippen LogP contribution in [0.2, 0.25) is 0 Å². The van der Waals surface area contributed by atoms with E-state index in [1.54, 1.807) is 0 Å². The molecule has 2 aromatic carbocycles. The van der Waals surface area contributed by atoms with E-state index in [1.807, 2.05) is 41.0 Å². The molecule has 0 amide bonds. The molecule has 5 heteroatoms. The molecule has 0 atom stereocenters. The largest absolute Gasteiger partial charge is 0.399 e. The van der Waals surface area contributed by atoms with E-state index in [2.05, 4.69) is 22.0 Å². The molecule has 5 nitrogen and oxygen atoms in total. The summed E-state index contributed by atoms with van der Waals surface area (Å²) in [7, 11) is 0. The highest BCUT2D eigenvalue weighted by molar-refractivity contribution is 5.75. The first-order valence-electron chi connectivity index (χ1n) is 8.02. The van der Waals surface area contributed by atoms with Crippen LogP contribution in [-0.4, -0.2) is 22.6 Å². The number of aromatic amines is 1. The number of fused-ring (bicyclic) bond motifs is 1. The van der Waals surface area contributed by atoms with E-state index in [-0.39, 0.29) is 11.7 Å². The quantitative estimate of drug-likeness (QED) is 0.715. The lowest BCUT2D eigenvalue weighted by molar-refractivity contribution is 0.396. The first kappa shape index (κ1) is 13.9. The third-order valence-electron chi connectivity index (χ3n) is 4.71. The molecule has 0 aliphatic carbocycles. The number of piperidine rings is 1. The zero-order valence-corrected chi connectivity index (χ0v) is 12.9. The Bertz CT molecular complexity index is 870. The summed E-state index contributed by atoms with van der Waals surface area (Å²) in [6, 6.07) is 16.2. The van der Waals surface area contributed by atoms with Crippen molar-refractivity contribution in [3.05, 3.63) is 59.0 Å². The van der Waals surface area contributed by atoms with Crippen molar-refractivity contribution >= 4 is 22.4 Å². The van der Waals surface area contributed by atoms with Gasteiger partial charge in [0.15, 0.2) is 0 Å². The summed E-state index contributed by atoms with van der Waals surface area (Å²) in [4.78, 5) is 17.6. The number of rotatable bonds is 2. The number of nitrogens with two attached hydrogens (primary N) is 1. The van der Waals surface area contributed by atoms with E-state index in [0.29, 0.717) is 0 Å². The molecule has 118 valence electrons. The highest BCUT2D eigenvalue weighted by Gasteiger charge is 2.23. The van der Waals surface area contributed by atoms with Crippen LogP contribution >= 0.6 is 0 Å². The summed E-state index contributed by atoms with van der Waals surface area (Å²) in [6.45, 7) is 1.89. The maximum atomic E-state index is 12.3. The van der Waals surface area contributed by atoms with E-state index in [4.69, 9.17) is 5.73 Å². The number of nitrogens with one attached hydrogen (secondary N) is 1. The van der Waals surface area contributed by atoms with Crippen molar-refractivity contribution in [3.8, 4) is 0 Å². The number of H-pyrrole nitrogens is 1. The van der Waals surface area contributed by atoms with E-state index >= 15 is 0 Å². The molecule has 3 N–H and O–H groups in total. The second-order valence-corrected chi connectivity index (χ2v) is 6.13. The number of imidazole rings is 1. The maximum absolute atomic E-state index is 12.3. The van der Waals surface area contributed by atoms with Crippen LogP contribution < -0.4 is 16.3 Å². The highest BCUT2D eigenvalue weighted by atomic mass is 16.1. The van der Waals surface area contributed by atoms with Gasteiger partial charge in [-0.25, -0.2) is 4.79 Å².